The average Bonchev–Trinajstić information content (AvgIpc) is 2.16. The van der Waals surface area contributed by atoms with Gasteiger partial charge < -0.3 is 3.79 Å². The van der Waals surface area contributed by atoms with E-state index < -0.39 is 0 Å². The Morgan fingerprint density at radius 1 is 1.00 bits per heavy atom. The minimum Gasteiger partial charge on any atom is -0.653 e. The largest absolute Gasteiger partial charge is 0.653 e. The first-order chi connectivity index (χ1) is 6.57. The molecule has 0 saturated carbocycles. The smallest absolute Gasteiger partial charge is 0.482 e. The Kier molecular flexibility index (Phi) is 4.04. The van der Waals surface area contributed by atoms with E-state index in [0.29, 0.717) is 11.8 Å². The van der Waals surface area contributed by atoms with Crippen molar-refractivity contribution in [2.45, 2.75) is 39.5 Å². The van der Waals surface area contributed by atoms with Crippen LogP contribution in [0.15, 0.2) is 18.2 Å². The molecule has 0 heterocycles. The molecule has 0 atom stereocenters. The Bertz CT molecular complexity index is 279. The van der Waals surface area contributed by atoms with Gasteiger partial charge in [-0.05, 0) is 23.0 Å². The summed E-state index contributed by atoms with van der Waals surface area (Å²) in [5.74, 6) is 2.04. The van der Waals surface area contributed by atoms with E-state index in [1.807, 2.05) is 0 Å². The molecule has 0 fully saturated rings. The van der Waals surface area contributed by atoms with Crippen molar-refractivity contribution >= 4 is 16.6 Å². The van der Waals surface area contributed by atoms with Gasteiger partial charge in [-0.1, -0.05) is 45.9 Å². The minimum atomic E-state index is 0.504. The molecule has 0 saturated heterocycles. The van der Waals surface area contributed by atoms with Crippen LogP contribution in [0.2, 0.25) is 0 Å². The van der Waals surface area contributed by atoms with Crippen LogP contribution < -0.4 is 3.79 Å². The number of benzene rings is 1. The lowest BCUT2D eigenvalue weighted by Gasteiger charge is -2.19. The lowest BCUT2D eigenvalue weighted by atomic mass is 9.94. The van der Waals surface area contributed by atoms with Crippen molar-refractivity contribution in [2.24, 2.45) is 0 Å². The van der Waals surface area contributed by atoms with Gasteiger partial charge in [0.1, 0.15) is 0 Å². The molecular weight excluding hydrogens is 187 g/mol. The van der Waals surface area contributed by atoms with E-state index in [0.717, 1.165) is 5.75 Å². The van der Waals surface area contributed by atoms with E-state index in [-0.39, 0.29) is 0 Å². The van der Waals surface area contributed by atoms with E-state index in [1.54, 1.807) is 0 Å². The molecule has 2 heteroatoms. The van der Waals surface area contributed by atoms with E-state index in [4.69, 9.17) is 3.79 Å². The normalized spacial score (nSPS) is 11.0. The summed E-state index contributed by atoms with van der Waals surface area (Å²) in [6.45, 7) is 8.75. The maximum absolute atomic E-state index is 5.42. The highest BCUT2D eigenvalue weighted by Gasteiger charge is 2.12. The second kappa shape index (κ2) is 4.87. The topological polar surface area (TPSA) is 9.23 Å². The van der Waals surface area contributed by atoms with Crippen LogP contribution in [-0.2, 0) is 0 Å². The van der Waals surface area contributed by atoms with Crippen LogP contribution in [0.3, 0.4) is 0 Å². The third-order valence-corrected chi connectivity index (χ3v) is 2.67. The molecule has 2 radical (unpaired) electrons. The predicted octanol–water partition coefficient (Wildman–Crippen LogP) is 3.40. The highest BCUT2D eigenvalue weighted by Crippen LogP contribution is 2.33. The molecule has 0 aliphatic heterocycles. The molecule has 1 rings (SSSR count). The van der Waals surface area contributed by atoms with Gasteiger partial charge in [-0.2, -0.15) is 0 Å². The number of para-hydroxylation sites is 1. The molecule has 0 aliphatic rings. The Morgan fingerprint density at radius 3 is 1.71 bits per heavy atom. The van der Waals surface area contributed by atoms with E-state index in [9.17, 15) is 0 Å². The maximum atomic E-state index is 5.42. The summed E-state index contributed by atoms with van der Waals surface area (Å²) in [5, 5.41) is 0. The van der Waals surface area contributed by atoms with Crippen LogP contribution in [0.4, 0.5) is 0 Å². The highest BCUT2D eigenvalue weighted by atomic mass is 27.1. The SMILES string of the molecule is CC(C)c1cccc(C(C)C)c1[O][Al]. The molecule has 0 unspecified atom stereocenters. The Labute approximate surface area is 95.2 Å². The van der Waals surface area contributed by atoms with Crippen LogP contribution in [0.1, 0.15) is 50.7 Å². The second-order valence-electron chi connectivity index (χ2n) is 4.19. The molecule has 0 spiro atoms. The summed E-state index contributed by atoms with van der Waals surface area (Å²) in [4.78, 5) is 0. The van der Waals surface area contributed by atoms with Crippen LogP contribution in [0, 0.1) is 0 Å². The molecule has 1 aromatic rings. The first-order valence-electron chi connectivity index (χ1n) is 5.07. The van der Waals surface area contributed by atoms with E-state index in [1.165, 1.54) is 11.1 Å². The van der Waals surface area contributed by atoms with Crippen LogP contribution in [-0.4, -0.2) is 16.6 Å². The van der Waals surface area contributed by atoms with Crippen LogP contribution in [0.25, 0.3) is 0 Å². The van der Waals surface area contributed by atoms with Crippen molar-refractivity contribution in [3.63, 3.8) is 0 Å². The van der Waals surface area contributed by atoms with Gasteiger partial charge in [-0.25, -0.2) is 0 Å². The lowest BCUT2D eigenvalue weighted by Crippen LogP contribution is -2.01. The van der Waals surface area contributed by atoms with Crippen LogP contribution in [0.5, 0.6) is 5.75 Å². The van der Waals surface area contributed by atoms with Crippen molar-refractivity contribution in [3.8, 4) is 5.75 Å². The second-order valence-corrected chi connectivity index (χ2v) is 4.43. The Balaban J connectivity index is 3.25. The van der Waals surface area contributed by atoms with Gasteiger partial charge in [0.15, 0.2) is 0 Å². The highest BCUT2D eigenvalue weighted by molar-refractivity contribution is 6.00. The molecule has 0 N–H and O–H groups in total. The van der Waals surface area contributed by atoms with Crippen LogP contribution >= 0.6 is 0 Å². The number of hydrogen-bond donors (Lipinski definition) is 0. The first kappa shape index (κ1) is 11.6. The summed E-state index contributed by atoms with van der Waals surface area (Å²) < 4.78 is 5.42. The van der Waals surface area contributed by atoms with Crippen molar-refractivity contribution < 1.29 is 3.79 Å². The quantitative estimate of drug-likeness (QED) is 0.686. The fourth-order valence-electron chi connectivity index (χ4n) is 1.62. The van der Waals surface area contributed by atoms with Gasteiger partial charge in [-0.15, -0.1) is 0 Å². The summed E-state index contributed by atoms with van der Waals surface area (Å²) in [5.41, 5.74) is 2.57. The molecule has 74 valence electrons. The van der Waals surface area contributed by atoms with Crippen molar-refractivity contribution in [1.82, 2.24) is 0 Å². The monoisotopic (exact) mass is 204 g/mol. The molecule has 0 aliphatic carbocycles. The average molecular weight is 204 g/mol. The zero-order chi connectivity index (χ0) is 10.7. The zero-order valence-corrected chi connectivity index (χ0v) is 10.5. The summed E-state index contributed by atoms with van der Waals surface area (Å²) in [6, 6.07) is 6.38. The predicted molar refractivity (Wildman–Crippen MR) is 61.0 cm³/mol. The minimum absolute atomic E-state index is 0.504. The van der Waals surface area contributed by atoms with Crippen molar-refractivity contribution in [1.29, 1.82) is 0 Å². The standard InChI is InChI=1S/C12H18O.Al/c1-8(2)10-6-5-7-11(9(3)4)12(10)13;/h5-9,13H,1-4H3;/q;+1/p-1. The number of hydrogen-bond acceptors (Lipinski definition) is 1. The first-order valence-corrected chi connectivity index (χ1v) is 5.54. The Hall–Kier alpha value is -0.448. The molecular formula is C12H17AlO. The third kappa shape index (κ3) is 2.32. The van der Waals surface area contributed by atoms with Gasteiger partial charge in [-0.3, -0.25) is 0 Å². The van der Waals surface area contributed by atoms with E-state index in [2.05, 4.69) is 62.5 Å². The van der Waals surface area contributed by atoms with Gasteiger partial charge >= 0.3 is 16.6 Å². The van der Waals surface area contributed by atoms with Gasteiger partial charge in [0.05, 0.1) is 5.75 Å². The number of rotatable bonds is 3. The molecule has 0 amide bonds. The van der Waals surface area contributed by atoms with Crippen molar-refractivity contribution in [3.05, 3.63) is 29.3 Å². The summed E-state index contributed by atoms with van der Waals surface area (Å²) in [6.07, 6.45) is 0. The maximum Gasteiger partial charge on any atom is 0.482 e. The summed E-state index contributed by atoms with van der Waals surface area (Å²) >= 11 is 2.35. The van der Waals surface area contributed by atoms with Gasteiger partial charge in [0.25, 0.3) is 0 Å². The lowest BCUT2D eigenvalue weighted by molar-refractivity contribution is 0.580. The molecule has 1 aromatic carbocycles. The molecule has 14 heavy (non-hydrogen) atoms. The summed E-state index contributed by atoms with van der Waals surface area (Å²) in [7, 11) is 0. The Morgan fingerprint density at radius 2 is 1.43 bits per heavy atom. The molecule has 1 nitrogen and oxygen atoms in total. The molecule has 0 aromatic heterocycles. The van der Waals surface area contributed by atoms with Crippen molar-refractivity contribution in [2.75, 3.05) is 0 Å². The van der Waals surface area contributed by atoms with Gasteiger partial charge in [0, 0.05) is 0 Å². The fraction of sp³-hybridized carbons (Fsp3) is 0.500. The zero-order valence-electron chi connectivity index (χ0n) is 9.37. The van der Waals surface area contributed by atoms with Gasteiger partial charge in [0.2, 0.25) is 0 Å². The molecule has 0 bridgehead atoms. The fourth-order valence-corrected chi connectivity index (χ4v) is 1.89. The van der Waals surface area contributed by atoms with E-state index >= 15 is 0 Å². The third-order valence-electron chi connectivity index (χ3n) is 2.44.